The minimum atomic E-state index is -1.53. The van der Waals surface area contributed by atoms with Crippen molar-refractivity contribution in [3.63, 3.8) is 0 Å². The van der Waals surface area contributed by atoms with E-state index in [0.29, 0.717) is 10.5 Å². The maximum Gasteiger partial charge on any atom is 0.490 e. The fourth-order valence-corrected chi connectivity index (χ4v) is 2.92. The van der Waals surface area contributed by atoms with Gasteiger partial charge in [0.15, 0.2) is 0 Å². The van der Waals surface area contributed by atoms with E-state index in [2.05, 4.69) is 12.6 Å². The molecule has 0 amide bonds. The lowest BCUT2D eigenvalue weighted by Crippen LogP contribution is -2.30. The van der Waals surface area contributed by atoms with Crippen LogP contribution in [0.1, 0.15) is 0 Å². The van der Waals surface area contributed by atoms with E-state index in [9.17, 15) is 0 Å². The van der Waals surface area contributed by atoms with Crippen molar-refractivity contribution in [1.29, 1.82) is 0 Å². The molecule has 72 valence electrons. The van der Waals surface area contributed by atoms with Crippen LogP contribution in [0.3, 0.4) is 0 Å². The number of benzene rings is 1. The molecule has 0 radical (unpaired) electrons. The molecule has 0 saturated heterocycles. The number of thiol groups is 1. The van der Waals surface area contributed by atoms with E-state index < -0.39 is 7.12 Å². The van der Waals surface area contributed by atoms with Crippen molar-refractivity contribution in [2.75, 3.05) is 0 Å². The maximum absolute atomic E-state index is 9.03. The molecule has 1 aromatic carbocycles. The third-order valence-corrected chi connectivity index (χ3v) is 3.81. The maximum atomic E-state index is 9.03. The Balaban J connectivity index is 2.74. The zero-order valence-corrected chi connectivity index (χ0v) is 9.40. The lowest BCUT2D eigenvalue weighted by Gasteiger charge is -2.02. The highest BCUT2D eigenvalue weighted by molar-refractivity contribution is 7.83. The highest BCUT2D eigenvalue weighted by Gasteiger charge is 2.17. The zero-order valence-electron chi connectivity index (χ0n) is 6.94. The van der Waals surface area contributed by atoms with Crippen molar-refractivity contribution in [1.82, 2.24) is 0 Å². The molecule has 0 aliphatic rings. The van der Waals surface area contributed by atoms with Crippen LogP contribution in [0.15, 0.2) is 22.4 Å². The first kappa shape index (κ1) is 10.3. The number of rotatable bonds is 1. The molecule has 0 fully saturated rings. The summed E-state index contributed by atoms with van der Waals surface area (Å²) in [4.78, 5) is 0. The van der Waals surface area contributed by atoms with Gasteiger partial charge in [0, 0.05) is 5.46 Å². The first-order chi connectivity index (χ1) is 6.59. The van der Waals surface area contributed by atoms with Gasteiger partial charge in [-0.1, -0.05) is 23.7 Å². The molecule has 0 aliphatic heterocycles. The van der Waals surface area contributed by atoms with E-state index >= 15 is 0 Å². The summed E-state index contributed by atoms with van der Waals surface area (Å²) in [5.74, 6) is 0. The molecule has 0 unspecified atom stereocenters. The summed E-state index contributed by atoms with van der Waals surface area (Å²) in [6, 6.07) is 5.30. The van der Waals surface area contributed by atoms with Crippen LogP contribution in [-0.4, -0.2) is 17.2 Å². The third-order valence-electron chi connectivity index (χ3n) is 1.92. The fourth-order valence-electron chi connectivity index (χ4n) is 1.27. The van der Waals surface area contributed by atoms with E-state index in [1.807, 2.05) is 6.07 Å². The van der Waals surface area contributed by atoms with E-state index in [0.717, 1.165) is 14.3 Å². The Morgan fingerprint density at radius 1 is 1.36 bits per heavy atom. The Bertz CT molecular complexity index is 483. The van der Waals surface area contributed by atoms with Crippen LogP contribution >= 0.6 is 35.6 Å². The van der Waals surface area contributed by atoms with Gasteiger partial charge in [0.25, 0.3) is 0 Å². The third kappa shape index (κ3) is 1.66. The van der Waals surface area contributed by atoms with Crippen molar-refractivity contribution in [3.05, 3.63) is 23.2 Å². The topological polar surface area (TPSA) is 40.5 Å². The number of hydrogen-bond acceptors (Lipinski definition) is 4. The Labute approximate surface area is 95.7 Å². The molecule has 0 spiro atoms. The SMILES string of the molecule is OB(O)c1ccc2cc(S)sc2c1Cl. The van der Waals surface area contributed by atoms with Crippen LogP contribution in [-0.2, 0) is 0 Å². The van der Waals surface area contributed by atoms with Crippen LogP contribution in [0.4, 0.5) is 0 Å². The van der Waals surface area contributed by atoms with Gasteiger partial charge >= 0.3 is 7.12 Å². The summed E-state index contributed by atoms with van der Waals surface area (Å²) in [5, 5.41) is 19.4. The van der Waals surface area contributed by atoms with Gasteiger partial charge in [-0.2, -0.15) is 0 Å². The molecule has 6 heteroatoms. The molecule has 2 nitrogen and oxygen atoms in total. The van der Waals surface area contributed by atoms with Crippen LogP contribution in [0, 0.1) is 0 Å². The molecule has 2 N–H and O–H groups in total. The van der Waals surface area contributed by atoms with Crippen molar-refractivity contribution >= 4 is 58.2 Å². The molecular weight excluding hydrogens is 238 g/mol. The van der Waals surface area contributed by atoms with Crippen molar-refractivity contribution in [3.8, 4) is 0 Å². The molecule has 1 aromatic heterocycles. The summed E-state index contributed by atoms with van der Waals surface area (Å²) < 4.78 is 1.69. The zero-order chi connectivity index (χ0) is 10.3. The molecule has 1 heterocycles. The summed E-state index contributed by atoms with van der Waals surface area (Å²) >= 11 is 11.6. The van der Waals surface area contributed by atoms with Crippen molar-refractivity contribution < 1.29 is 10.0 Å². The molecule has 14 heavy (non-hydrogen) atoms. The average molecular weight is 245 g/mol. The normalized spacial score (nSPS) is 10.9. The Kier molecular flexibility index (Phi) is 2.77. The highest BCUT2D eigenvalue weighted by Crippen LogP contribution is 2.32. The van der Waals surface area contributed by atoms with Gasteiger partial charge in [-0.05, 0) is 11.5 Å². The number of thiophene rings is 1. The van der Waals surface area contributed by atoms with Gasteiger partial charge in [-0.25, -0.2) is 0 Å². The van der Waals surface area contributed by atoms with Gasteiger partial charge < -0.3 is 10.0 Å². The lowest BCUT2D eigenvalue weighted by molar-refractivity contribution is 0.426. The quantitative estimate of drug-likeness (QED) is 0.526. The number of halogens is 1. The fraction of sp³-hybridized carbons (Fsp3) is 0. The predicted molar refractivity (Wildman–Crippen MR) is 63.9 cm³/mol. The van der Waals surface area contributed by atoms with E-state index in [-0.39, 0.29) is 0 Å². The average Bonchev–Trinajstić information content (AvgIpc) is 2.46. The number of hydrogen-bond donors (Lipinski definition) is 3. The van der Waals surface area contributed by atoms with Crippen LogP contribution in [0.2, 0.25) is 5.02 Å². The van der Waals surface area contributed by atoms with E-state index in [4.69, 9.17) is 21.6 Å². The first-order valence-corrected chi connectivity index (χ1v) is 5.51. The summed E-state index contributed by atoms with van der Waals surface area (Å²) in [6.45, 7) is 0. The second-order valence-corrected chi connectivity index (χ2v) is 5.06. The second-order valence-electron chi connectivity index (χ2n) is 2.85. The van der Waals surface area contributed by atoms with E-state index in [1.165, 1.54) is 11.3 Å². The predicted octanol–water partition coefficient (Wildman–Crippen LogP) is 1.52. The van der Waals surface area contributed by atoms with Crippen molar-refractivity contribution in [2.45, 2.75) is 4.21 Å². The van der Waals surface area contributed by atoms with Crippen LogP contribution < -0.4 is 5.46 Å². The minimum absolute atomic E-state index is 0.328. The smallest absolute Gasteiger partial charge is 0.423 e. The monoisotopic (exact) mass is 244 g/mol. The largest absolute Gasteiger partial charge is 0.490 e. The molecular formula is C8H6BClO2S2. The highest BCUT2D eigenvalue weighted by atomic mass is 35.5. The number of fused-ring (bicyclic) bond motifs is 1. The molecule has 2 aromatic rings. The van der Waals surface area contributed by atoms with Gasteiger partial charge in [0.05, 0.1) is 13.9 Å². The Morgan fingerprint density at radius 2 is 2.07 bits per heavy atom. The van der Waals surface area contributed by atoms with Gasteiger partial charge in [-0.15, -0.1) is 24.0 Å². The van der Waals surface area contributed by atoms with Gasteiger partial charge in [0.1, 0.15) is 0 Å². The molecule has 2 rings (SSSR count). The summed E-state index contributed by atoms with van der Waals surface area (Å²) in [6.07, 6.45) is 0. The Morgan fingerprint density at radius 3 is 2.71 bits per heavy atom. The van der Waals surface area contributed by atoms with Crippen LogP contribution in [0.5, 0.6) is 0 Å². The summed E-state index contributed by atoms with van der Waals surface area (Å²) in [7, 11) is -1.53. The van der Waals surface area contributed by atoms with E-state index in [1.54, 1.807) is 12.1 Å². The van der Waals surface area contributed by atoms with Crippen molar-refractivity contribution in [2.24, 2.45) is 0 Å². The Hall–Kier alpha value is -0.195. The molecule has 0 bridgehead atoms. The molecule has 0 atom stereocenters. The first-order valence-electron chi connectivity index (χ1n) is 3.86. The van der Waals surface area contributed by atoms with Gasteiger partial charge in [0.2, 0.25) is 0 Å². The minimum Gasteiger partial charge on any atom is -0.423 e. The standard InChI is InChI=1S/C8H6BClO2S2/c10-7-5(9(11)12)2-1-4-3-6(13)14-8(4)7/h1-3,11-13H. The second kappa shape index (κ2) is 3.75. The summed E-state index contributed by atoms with van der Waals surface area (Å²) in [5.41, 5.74) is 0.328. The van der Waals surface area contributed by atoms with Crippen LogP contribution in [0.25, 0.3) is 10.1 Å². The van der Waals surface area contributed by atoms with Gasteiger partial charge in [-0.3, -0.25) is 0 Å². The molecule has 0 saturated carbocycles. The molecule has 0 aliphatic carbocycles. The lowest BCUT2D eigenvalue weighted by atomic mass is 9.80.